The van der Waals surface area contributed by atoms with Gasteiger partial charge in [-0.3, -0.25) is 4.79 Å². The summed E-state index contributed by atoms with van der Waals surface area (Å²) in [6.45, 7) is 8.40. The first-order chi connectivity index (χ1) is 16.7. The summed E-state index contributed by atoms with van der Waals surface area (Å²) in [5.74, 6) is 0.481. The molecule has 0 saturated carbocycles. The Morgan fingerprint density at radius 1 is 0.647 bits per heavy atom. The minimum atomic E-state index is -0.186. The second-order valence-electron chi connectivity index (χ2n) is 7.03. The van der Waals surface area contributed by atoms with Crippen molar-refractivity contribution in [3.63, 3.8) is 0 Å². The molecule has 2 N–H and O–H groups in total. The maximum atomic E-state index is 11.1. The third kappa shape index (κ3) is 18.5. The van der Waals surface area contributed by atoms with Crippen LogP contribution in [0.15, 0.2) is 24.3 Å². The SMILES string of the molecule is CCCC(=O)OCCOCCOCCOCCOCCOCCOCCOc1ccccc1N. The molecular weight excluding hydrogens is 446 g/mol. The number of ether oxygens (including phenoxy) is 8. The van der Waals surface area contributed by atoms with E-state index in [-0.39, 0.29) is 12.6 Å². The number of benzene rings is 1. The lowest BCUT2D eigenvalue weighted by Crippen LogP contribution is -2.15. The molecule has 34 heavy (non-hydrogen) atoms. The van der Waals surface area contributed by atoms with Gasteiger partial charge in [-0.2, -0.15) is 0 Å². The third-order valence-corrected chi connectivity index (χ3v) is 4.21. The Morgan fingerprint density at radius 3 is 1.50 bits per heavy atom. The summed E-state index contributed by atoms with van der Waals surface area (Å²) in [5, 5.41) is 0. The van der Waals surface area contributed by atoms with E-state index >= 15 is 0 Å². The van der Waals surface area contributed by atoms with Crippen LogP contribution in [0.25, 0.3) is 0 Å². The number of para-hydroxylation sites is 2. The van der Waals surface area contributed by atoms with Crippen LogP contribution < -0.4 is 10.5 Å². The molecule has 0 saturated heterocycles. The highest BCUT2D eigenvalue weighted by Gasteiger charge is 2.00. The fourth-order valence-electron chi connectivity index (χ4n) is 2.51. The topological polar surface area (TPSA) is 117 Å². The molecule has 0 bridgehead atoms. The lowest BCUT2D eigenvalue weighted by molar-refractivity contribution is -0.145. The second kappa shape index (κ2) is 22.8. The summed E-state index contributed by atoms with van der Waals surface area (Å²) in [6.07, 6.45) is 1.23. The summed E-state index contributed by atoms with van der Waals surface area (Å²) in [6, 6.07) is 7.36. The van der Waals surface area contributed by atoms with Gasteiger partial charge in [0.2, 0.25) is 0 Å². The quantitative estimate of drug-likeness (QED) is 0.132. The second-order valence-corrected chi connectivity index (χ2v) is 7.03. The van der Waals surface area contributed by atoms with E-state index in [2.05, 4.69) is 0 Å². The molecule has 0 aromatic heterocycles. The fourth-order valence-corrected chi connectivity index (χ4v) is 2.51. The number of nitrogens with two attached hydrogens (primary N) is 1. The van der Waals surface area contributed by atoms with Crippen molar-refractivity contribution >= 4 is 11.7 Å². The van der Waals surface area contributed by atoms with Gasteiger partial charge < -0.3 is 43.6 Å². The van der Waals surface area contributed by atoms with Gasteiger partial charge in [0.25, 0.3) is 0 Å². The molecule has 1 aromatic rings. The van der Waals surface area contributed by atoms with E-state index in [1.54, 1.807) is 6.07 Å². The number of esters is 1. The molecule has 10 heteroatoms. The van der Waals surface area contributed by atoms with Crippen molar-refractivity contribution in [3.05, 3.63) is 24.3 Å². The molecular formula is C24H41NO9. The highest BCUT2D eigenvalue weighted by Crippen LogP contribution is 2.19. The summed E-state index contributed by atoms with van der Waals surface area (Å²) >= 11 is 0. The number of rotatable bonds is 24. The average Bonchev–Trinajstić information content (AvgIpc) is 2.83. The van der Waals surface area contributed by atoms with Crippen LogP contribution in [0.2, 0.25) is 0 Å². The summed E-state index contributed by atoms with van der Waals surface area (Å²) in [7, 11) is 0. The molecule has 0 aliphatic carbocycles. The molecule has 1 rings (SSSR count). The van der Waals surface area contributed by atoms with E-state index in [0.29, 0.717) is 104 Å². The standard InChI is InChI=1S/C24H41NO9/c1-2-5-24(26)34-21-19-32-17-15-30-13-11-28-9-8-27-10-12-29-14-16-31-18-20-33-23-7-4-3-6-22(23)25/h3-4,6-7H,2,5,8-21,25H2,1H3. The molecule has 10 nitrogen and oxygen atoms in total. The monoisotopic (exact) mass is 487 g/mol. The van der Waals surface area contributed by atoms with E-state index in [0.717, 1.165) is 6.42 Å². The molecule has 0 fully saturated rings. The molecule has 0 unspecified atom stereocenters. The zero-order valence-electron chi connectivity index (χ0n) is 20.4. The summed E-state index contributed by atoms with van der Waals surface area (Å²) in [5.41, 5.74) is 6.41. The molecule has 196 valence electrons. The number of hydrogen-bond acceptors (Lipinski definition) is 10. The Bertz CT molecular complexity index is 604. The predicted octanol–water partition coefficient (Wildman–Crippen LogP) is 2.09. The van der Waals surface area contributed by atoms with Crippen LogP contribution >= 0.6 is 0 Å². The first-order valence-corrected chi connectivity index (χ1v) is 11.8. The zero-order valence-corrected chi connectivity index (χ0v) is 20.4. The number of nitrogen functional groups attached to an aromatic ring is 1. The number of hydrogen-bond donors (Lipinski definition) is 1. The van der Waals surface area contributed by atoms with Crippen LogP contribution in [0.5, 0.6) is 5.75 Å². The Hall–Kier alpha value is -1.95. The molecule has 1 aromatic carbocycles. The van der Waals surface area contributed by atoms with Crippen LogP contribution in [0.3, 0.4) is 0 Å². The smallest absolute Gasteiger partial charge is 0.305 e. The highest BCUT2D eigenvalue weighted by molar-refractivity contribution is 5.69. The van der Waals surface area contributed by atoms with Crippen molar-refractivity contribution < 1.29 is 42.7 Å². The van der Waals surface area contributed by atoms with E-state index in [4.69, 9.17) is 43.6 Å². The van der Waals surface area contributed by atoms with Crippen LogP contribution in [0.4, 0.5) is 5.69 Å². The Balaban J connectivity index is 1.69. The Kier molecular flexibility index (Phi) is 20.2. The lowest BCUT2D eigenvalue weighted by atomic mass is 10.3. The molecule has 0 spiro atoms. The van der Waals surface area contributed by atoms with Crippen molar-refractivity contribution in [2.45, 2.75) is 19.8 Å². The van der Waals surface area contributed by atoms with Crippen LogP contribution in [-0.4, -0.2) is 98.5 Å². The largest absolute Gasteiger partial charge is 0.489 e. The minimum Gasteiger partial charge on any atom is -0.489 e. The van der Waals surface area contributed by atoms with Crippen molar-refractivity contribution in [1.29, 1.82) is 0 Å². The maximum Gasteiger partial charge on any atom is 0.305 e. The van der Waals surface area contributed by atoms with E-state index in [1.165, 1.54) is 0 Å². The third-order valence-electron chi connectivity index (χ3n) is 4.21. The van der Waals surface area contributed by atoms with Crippen molar-refractivity contribution in [3.8, 4) is 5.75 Å². The Morgan fingerprint density at radius 2 is 1.06 bits per heavy atom. The van der Waals surface area contributed by atoms with Gasteiger partial charge in [-0.25, -0.2) is 0 Å². The number of anilines is 1. The first-order valence-electron chi connectivity index (χ1n) is 11.8. The molecule has 0 aliphatic rings. The van der Waals surface area contributed by atoms with Crippen molar-refractivity contribution in [2.75, 3.05) is 98.2 Å². The van der Waals surface area contributed by atoms with Crippen LogP contribution in [0, 0.1) is 0 Å². The van der Waals surface area contributed by atoms with Gasteiger partial charge in [-0.15, -0.1) is 0 Å². The van der Waals surface area contributed by atoms with E-state index in [9.17, 15) is 4.79 Å². The van der Waals surface area contributed by atoms with Crippen LogP contribution in [-0.2, 0) is 38.0 Å². The van der Waals surface area contributed by atoms with Gasteiger partial charge in [0.1, 0.15) is 19.0 Å². The average molecular weight is 488 g/mol. The van der Waals surface area contributed by atoms with Crippen molar-refractivity contribution in [2.24, 2.45) is 0 Å². The molecule has 0 aliphatic heterocycles. The van der Waals surface area contributed by atoms with Gasteiger partial charge in [0.15, 0.2) is 0 Å². The van der Waals surface area contributed by atoms with Crippen LogP contribution in [0.1, 0.15) is 19.8 Å². The Labute approximate surface area is 202 Å². The molecule has 0 amide bonds. The number of carbonyl (C=O) groups is 1. The predicted molar refractivity (Wildman–Crippen MR) is 127 cm³/mol. The van der Waals surface area contributed by atoms with Gasteiger partial charge in [0, 0.05) is 6.42 Å². The van der Waals surface area contributed by atoms with Gasteiger partial charge >= 0.3 is 5.97 Å². The van der Waals surface area contributed by atoms with E-state index < -0.39 is 0 Å². The summed E-state index contributed by atoms with van der Waals surface area (Å²) < 4.78 is 43.0. The van der Waals surface area contributed by atoms with Crippen molar-refractivity contribution in [1.82, 2.24) is 0 Å². The zero-order chi connectivity index (χ0) is 24.5. The highest BCUT2D eigenvalue weighted by atomic mass is 16.6. The minimum absolute atomic E-state index is 0.186. The van der Waals surface area contributed by atoms with Gasteiger partial charge in [-0.05, 0) is 18.6 Å². The molecule has 0 radical (unpaired) electrons. The lowest BCUT2D eigenvalue weighted by Gasteiger charge is -2.09. The van der Waals surface area contributed by atoms with E-state index in [1.807, 2.05) is 25.1 Å². The fraction of sp³-hybridized carbons (Fsp3) is 0.708. The maximum absolute atomic E-state index is 11.1. The first kappa shape index (κ1) is 30.1. The molecule has 0 atom stereocenters. The van der Waals surface area contributed by atoms with Gasteiger partial charge in [0.05, 0.1) is 85.0 Å². The molecule has 0 heterocycles. The van der Waals surface area contributed by atoms with Gasteiger partial charge in [-0.1, -0.05) is 19.1 Å². The normalized spacial score (nSPS) is 11.0. The summed E-state index contributed by atoms with van der Waals surface area (Å²) in [4.78, 5) is 11.1. The number of carbonyl (C=O) groups excluding carboxylic acids is 1.